The van der Waals surface area contributed by atoms with Crippen molar-refractivity contribution in [2.75, 3.05) is 0 Å². The minimum absolute atomic E-state index is 1.12. The molecule has 6 heteroatoms. The van der Waals surface area contributed by atoms with Gasteiger partial charge in [-0.05, 0) is 75.9 Å². The second-order valence-corrected chi connectivity index (χ2v) is 11.8. The molecule has 0 radical (unpaired) electrons. The van der Waals surface area contributed by atoms with E-state index in [1.807, 2.05) is 34.0 Å². The van der Waals surface area contributed by atoms with Gasteiger partial charge in [0.1, 0.15) is 5.01 Å². The number of benzene rings is 1. The summed E-state index contributed by atoms with van der Waals surface area (Å²) >= 11 is 7.36. The van der Waals surface area contributed by atoms with Crippen molar-refractivity contribution in [2.24, 2.45) is 0 Å². The minimum Gasteiger partial charge on any atom is -0.241 e. The summed E-state index contributed by atoms with van der Waals surface area (Å²) < 4.78 is 2.58. The maximum Gasteiger partial charge on any atom is 0.134 e. The Morgan fingerprint density at radius 1 is 0.643 bits per heavy atom. The maximum atomic E-state index is 5.10. The highest BCUT2D eigenvalue weighted by Crippen LogP contribution is 2.46. The normalized spacial score (nSPS) is 11.9. The van der Waals surface area contributed by atoms with Gasteiger partial charge < -0.3 is 0 Å². The topological polar surface area (TPSA) is 25.8 Å². The van der Waals surface area contributed by atoms with Crippen molar-refractivity contribution >= 4 is 65.8 Å². The molecule has 0 aliphatic carbocycles. The van der Waals surface area contributed by atoms with Crippen LogP contribution in [0.25, 0.3) is 40.1 Å². The SMILES string of the molecule is Cc1nc2c(C)c(C)c3nc(-c4sc(-c5cc(C)c(C)s5)cc4C)sc3c2s1. The highest BCUT2D eigenvalue weighted by atomic mass is 32.1. The first-order valence-corrected chi connectivity index (χ1v) is 12.4. The van der Waals surface area contributed by atoms with E-state index >= 15 is 0 Å². The van der Waals surface area contributed by atoms with E-state index in [-0.39, 0.29) is 0 Å². The highest BCUT2D eigenvalue weighted by Gasteiger charge is 2.20. The molecule has 0 atom stereocenters. The standard InChI is InChI=1S/C22H20N2S4/c1-9-7-15(25-13(9)5)16-8-10(2)19(27-16)22-24-18-12(4)11(3)17-20(21(18)28-22)26-14(6)23-17/h7-8H,1-6H3. The zero-order valence-electron chi connectivity index (χ0n) is 16.7. The van der Waals surface area contributed by atoms with Crippen LogP contribution in [0.1, 0.15) is 32.1 Å². The van der Waals surface area contributed by atoms with E-state index in [1.165, 1.54) is 51.2 Å². The van der Waals surface area contributed by atoms with Crippen LogP contribution < -0.4 is 0 Å². The molecule has 0 N–H and O–H groups in total. The number of hydrogen-bond acceptors (Lipinski definition) is 6. The minimum atomic E-state index is 1.12. The molecular weight excluding hydrogens is 421 g/mol. The van der Waals surface area contributed by atoms with Crippen molar-refractivity contribution in [3.05, 3.63) is 44.3 Å². The summed E-state index contributed by atoms with van der Waals surface area (Å²) in [6.07, 6.45) is 0. The number of hydrogen-bond donors (Lipinski definition) is 0. The lowest BCUT2D eigenvalue weighted by Crippen LogP contribution is -1.86. The third-order valence-corrected chi connectivity index (χ3v) is 10.3. The molecule has 1 aromatic carbocycles. The van der Waals surface area contributed by atoms with Gasteiger partial charge in [0, 0.05) is 14.6 Å². The Balaban J connectivity index is 1.72. The van der Waals surface area contributed by atoms with Gasteiger partial charge in [0.05, 0.1) is 30.3 Å². The van der Waals surface area contributed by atoms with Crippen LogP contribution in [0.2, 0.25) is 0 Å². The van der Waals surface area contributed by atoms with Crippen molar-refractivity contribution < 1.29 is 0 Å². The molecule has 0 aliphatic rings. The summed E-state index contributed by atoms with van der Waals surface area (Å²) in [5.74, 6) is 0. The zero-order valence-corrected chi connectivity index (χ0v) is 19.9. The van der Waals surface area contributed by atoms with Gasteiger partial charge in [-0.2, -0.15) is 0 Å². The molecule has 4 aromatic heterocycles. The highest BCUT2D eigenvalue weighted by molar-refractivity contribution is 7.31. The molecule has 0 amide bonds. The summed E-state index contributed by atoms with van der Waals surface area (Å²) in [5.41, 5.74) is 7.50. The molecule has 0 bridgehead atoms. The predicted molar refractivity (Wildman–Crippen MR) is 128 cm³/mol. The lowest BCUT2D eigenvalue weighted by atomic mass is 10.1. The first kappa shape index (κ1) is 18.4. The van der Waals surface area contributed by atoms with E-state index in [4.69, 9.17) is 9.97 Å². The molecule has 0 saturated heterocycles. The van der Waals surface area contributed by atoms with E-state index in [1.54, 1.807) is 11.3 Å². The summed E-state index contributed by atoms with van der Waals surface area (Å²) in [4.78, 5) is 15.3. The van der Waals surface area contributed by atoms with Crippen LogP contribution in [0, 0.1) is 41.5 Å². The van der Waals surface area contributed by atoms with Gasteiger partial charge in [0.15, 0.2) is 0 Å². The second-order valence-electron chi connectivity index (χ2n) is 7.33. The predicted octanol–water partition coefficient (Wildman–Crippen LogP) is 8.21. The molecule has 5 aromatic rings. The number of rotatable bonds is 2. The Morgan fingerprint density at radius 2 is 1.25 bits per heavy atom. The molecule has 28 heavy (non-hydrogen) atoms. The quantitative estimate of drug-likeness (QED) is 0.276. The van der Waals surface area contributed by atoms with Crippen molar-refractivity contribution in [1.29, 1.82) is 0 Å². The van der Waals surface area contributed by atoms with Crippen LogP contribution >= 0.6 is 45.3 Å². The van der Waals surface area contributed by atoms with Crippen molar-refractivity contribution in [3.8, 4) is 19.6 Å². The Morgan fingerprint density at radius 3 is 1.93 bits per heavy atom. The van der Waals surface area contributed by atoms with Crippen LogP contribution in [-0.4, -0.2) is 9.97 Å². The lowest BCUT2D eigenvalue weighted by Gasteiger charge is -2.01. The number of aryl methyl sites for hydroxylation is 6. The van der Waals surface area contributed by atoms with Gasteiger partial charge in [-0.25, -0.2) is 9.97 Å². The number of nitrogens with zero attached hydrogens (tertiary/aromatic N) is 2. The number of thiazole rings is 2. The van der Waals surface area contributed by atoms with Crippen LogP contribution in [0.15, 0.2) is 12.1 Å². The Hall–Kier alpha value is -1.60. The Kier molecular flexibility index (Phi) is 4.25. The van der Waals surface area contributed by atoms with Gasteiger partial charge in [-0.3, -0.25) is 0 Å². The molecule has 0 saturated carbocycles. The Labute approximate surface area is 180 Å². The number of thiophene rings is 2. The summed E-state index contributed by atoms with van der Waals surface area (Å²) in [6, 6.07) is 4.63. The number of fused-ring (bicyclic) bond motifs is 3. The fraction of sp³-hybridized carbons (Fsp3) is 0.273. The van der Waals surface area contributed by atoms with E-state index in [2.05, 4.69) is 53.7 Å². The molecule has 0 spiro atoms. The summed E-state index contributed by atoms with van der Waals surface area (Å²) in [7, 11) is 0. The van der Waals surface area contributed by atoms with Crippen molar-refractivity contribution in [3.63, 3.8) is 0 Å². The number of aromatic nitrogens is 2. The third-order valence-electron chi connectivity index (χ3n) is 5.36. The molecule has 5 rings (SSSR count). The van der Waals surface area contributed by atoms with Crippen LogP contribution in [0.5, 0.6) is 0 Å². The molecule has 4 heterocycles. The fourth-order valence-electron chi connectivity index (χ4n) is 3.53. The summed E-state index contributed by atoms with van der Waals surface area (Å²) in [6.45, 7) is 13.0. The molecule has 142 valence electrons. The average molecular weight is 441 g/mol. The maximum absolute atomic E-state index is 5.10. The largest absolute Gasteiger partial charge is 0.241 e. The van der Waals surface area contributed by atoms with E-state index in [0.29, 0.717) is 0 Å². The van der Waals surface area contributed by atoms with Crippen molar-refractivity contribution in [2.45, 2.75) is 41.5 Å². The molecule has 0 fully saturated rings. The Bertz CT molecular complexity index is 1360. The smallest absolute Gasteiger partial charge is 0.134 e. The summed E-state index contributed by atoms with van der Waals surface area (Å²) in [5, 5.41) is 2.26. The molecule has 0 unspecified atom stereocenters. The molecule has 0 aliphatic heterocycles. The van der Waals surface area contributed by atoms with Crippen LogP contribution in [0.4, 0.5) is 0 Å². The van der Waals surface area contributed by atoms with Gasteiger partial charge in [-0.15, -0.1) is 45.3 Å². The monoisotopic (exact) mass is 440 g/mol. The zero-order chi connectivity index (χ0) is 19.7. The van der Waals surface area contributed by atoms with Crippen molar-refractivity contribution in [1.82, 2.24) is 9.97 Å². The molecule has 2 nitrogen and oxygen atoms in total. The van der Waals surface area contributed by atoms with Gasteiger partial charge >= 0.3 is 0 Å². The van der Waals surface area contributed by atoms with Gasteiger partial charge in [0.2, 0.25) is 0 Å². The second kappa shape index (κ2) is 6.46. The lowest BCUT2D eigenvalue weighted by molar-refractivity contribution is 1.30. The molecular formula is C22H20N2S4. The van der Waals surface area contributed by atoms with Crippen LogP contribution in [0.3, 0.4) is 0 Å². The van der Waals surface area contributed by atoms with Gasteiger partial charge in [0.25, 0.3) is 0 Å². The average Bonchev–Trinajstić information content (AvgIpc) is 3.39. The van der Waals surface area contributed by atoms with E-state index in [9.17, 15) is 0 Å². The first-order chi connectivity index (χ1) is 13.3. The third kappa shape index (κ3) is 2.70. The van der Waals surface area contributed by atoms with E-state index < -0.39 is 0 Å². The first-order valence-electron chi connectivity index (χ1n) is 9.18. The van der Waals surface area contributed by atoms with Crippen LogP contribution in [-0.2, 0) is 0 Å². The fourth-order valence-corrected chi connectivity index (χ4v) is 8.17. The van der Waals surface area contributed by atoms with Gasteiger partial charge in [-0.1, -0.05) is 0 Å². The van der Waals surface area contributed by atoms with E-state index in [0.717, 1.165) is 21.0 Å².